The van der Waals surface area contributed by atoms with E-state index in [1.54, 1.807) is 6.08 Å². The summed E-state index contributed by atoms with van der Waals surface area (Å²) in [5.74, 6) is -0.146. The number of esters is 1. The highest BCUT2D eigenvalue weighted by Gasteiger charge is 2.37. The van der Waals surface area contributed by atoms with Crippen molar-refractivity contribution in [3.05, 3.63) is 48.0 Å². The summed E-state index contributed by atoms with van der Waals surface area (Å²) in [6, 6.07) is 10.0. The highest BCUT2D eigenvalue weighted by atomic mass is 28.4. The van der Waals surface area contributed by atoms with E-state index in [-0.39, 0.29) is 23.0 Å². The molecule has 0 heterocycles. The van der Waals surface area contributed by atoms with Gasteiger partial charge in [0.05, 0.1) is 19.8 Å². The summed E-state index contributed by atoms with van der Waals surface area (Å²) in [6.45, 7) is 14.6. The van der Waals surface area contributed by atoms with E-state index < -0.39 is 8.32 Å². The SMILES string of the molecule is COC(=O)/C=C/[C@H](OCc1ccccc1)[C@@H](C)CCO[Si](C)(C)C(C)(C)C. The standard InChI is InChI=1S/C22H36O4Si/c1-18(15-16-26-27(6,7)22(2,3)4)20(13-14-21(23)24-5)25-17-19-11-9-8-10-12-19/h8-14,18,20H,15-17H2,1-7H3/b14-13+/t18-,20-/m0/s1. The number of carbonyl (C=O) groups excluding carboxylic acids is 1. The van der Waals surface area contributed by atoms with Gasteiger partial charge in [-0.25, -0.2) is 4.79 Å². The lowest BCUT2D eigenvalue weighted by Gasteiger charge is -2.36. The summed E-state index contributed by atoms with van der Waals surface area (Å²) in [6.07, 6.45) is 3.94. The molecule has 0 aliphatic heterocycles. The molecule has 0 saturated carbocycles. The molecule has 0 aromatic heterocycles. The van der Waals surface area contributed by atoms with Gasteiger partial charge >= 0.3 is 5.97 Å². The van der Waals surface area contributed by atoms with Crippen LogP contribution in [-0.4, -0.2) is 34.1 Å². The van der Waals surface area contributed by atoms with Crippen molar-refractivity contribution in [1.29, 1.82) is 0 Å². The van der Waals surface area contributed by atoms with Crippen LogP contribution in [0.1, 0.15) is 39.7 Å². The molecule has 0 bridgehead atoms. The summed E-state index contributed by atoms with van der Waals surface area (Å²) >= 11 is 0. The predicted octanol–water partition coefficient (Wildman–Crippen LogP) is 5.35. The molecule has 1 aromatic carbocycles. The van der Waals surface area contributed by atoms with Crippen molar-refractivity contribution in [3.63, 3.8) is 0 Å². The van der Waals surface area contributed by atoms with Crippen LogP contribution in [0.3, 0.4) is 0 Å². The molecule has 0 saturated heterocycles. The molecule has 0 spiro atoms. The summed E-state index contributed by atoms with van der Waals surface area (Å²) in [5, 5.41) is 0.199. The molecule has 27 heavy (non-hydrogen) atoms. The lowest BCUT2D eigenvalue weighted by molar-refractivity contribution is -0.134. The number of methoxy groups -OCH3 is 1. The van der Waals surface area contributed by atoms with Crippen LogP contribution < -0.4 is 0 Å². The average Bonchev–Trinajstić information content (AvgIpc) is 2.61. The van der Waals surface area contributed by atoms with Crippen molar-refractivity contribution in [2.45, 2.75) is 65.0 Å². The summed E-state index contributed by atoms with van der Waals surface area (Å²) in [5.41, 5.74) is 1.11. The van der Waals surface area contributed by atoms with E-state index in [0.29, 0.717) is 13.2 Å². The van der Waals surface area contributed by atoms with Crippen molar-refractivity contribution in [3.8, 4) is 0 Å². The van der Waals surface area contributed by atoms with Crippen LogP contribution in [0.15, 0.2) is 42.5 Å². The fraction of sp³-hybridized carbons (Fsp3) is 0.591. The molecule has 5 heteroatoms. The predicted molar refractivity (Wildman–Crippen MR) is 113 cm³/mol. The van der Waals surface area contributed by atoms with Gasteiger partial charge in [0.25, 0.3) is 0 Å². The first-order chi connectivity index (χ1) is 12.6. The van der Waals surface area contributed by atoms with Gasteiger partial charge in [0.2, 0.25) is 0 Å². The Morgan fingerprint density at radius 2 is 1.81 bits per heavy atom. The third kappa shape index (κ3) is 8.41. The van der Waals surface area contributed by atoms with E-state index in [2.05, 4.69) is 40.8 Å². The van der Waals surface area contributed by atoms with Crippen LogP contribution in [0.2, 0.25) is 18.1 Å². The number of rotatable bonds is 10. The van der Waals surface area contributed by atoms with Crippen LogP contribution in [0.4, 0.5) is 0 Å². The number of ether oxygens (including phenoxy) is 2. The van der Waals surface area contributed by atoms with Crippen molar-refractivity contribution in [1.82, 2.24) is 0 Å². The number of benzene rings is 1. The third-order valence-electron chi connectivity index (χ3n) is 5.31. The summed E-state index contributed by atoms with van der Waals surface area (Å²) in [7, 11) is -0.375. The molecule has 1 rings (SSSR count). The van der Waals surface area contributed by atoms with E-state index in [0.717, 1.165) is 12.0 Å². The fourth-order valence-corrected chi connectivity index (χ4v) is 3.36. The molecule has 0 fully saturated rings. The Kier molecular flexibility index (Phi) is 9.43. The Bertz CT molecular complexity index is 590. The van der Waals surface area contributed by atoms with E-state index in [1.165, 1.54) is 13.2 Å². The Balaban J connectivity index is 2.67. The Hall–Kier alpha value is -1.43. The molecule has 0 aliphatic carbocycles. The largest absolute Gasteiger partial charge is 0.466 e. The molecule has 152 valence electrons. The minimum absolute atomic E-state index is 0.174. The quantitative estimate of drug-likeness (QED) is 0.306. The lowest BCUT2D eigenvalue weighted by Crippen LogP contribution is -2.41. The molecule has 2 atom stereocenters. The second-order valence-corrected chi connectivity index (χ2v) is 13.3. The van der Waals surface area contributed by atoms with Gasteiger partial charge in [-0.1, -0.05) is 58.0 Å². The Morgan fingerprint density at radius 1 is 1.19 bits per heavy atom. The Labute approximate surface area is 166 Å². The van der Waals surface area contributed by atoms with Crippen molar-refractivity contribution >= 4 is 14.3 Å². The molecular formula is C22H36O4Si. The first kappa shape index (κ1) is 23.6. The summed E-state index contributed by atoms with van der Waals surface area (Å²) in [4.78, 5) is 11.5. The van der Waals surface area contributed by atoms with Crippen LogP contribution in [-0.2, 0) is 25.3 Å². The van der Waals surface area contributed by atoms with Crippen LogP contribution in [0.5, 0.6) is 0 Å². The van der Waals surface area contributed by atoms with Crippen molar-refractivity contribution in [2.75, 3.05) is 13.7 Å². The van der Waals surface area contributed by atoms with Gasteiger partial charge in [-0.3, -0.25) is 0 Å². The van der Waals surface area contributed by atoms with Gasteiger partial charge in [-0.15, -0.1) is 0 Å². The maximum atomic E-state index is 11.5. The highest BCUT2D eigenvalue weighted by Crippen LogP contribution is 2.36. The highest BCUT2D eigenvalue weighted by molar-refractivity contribution is 6.74. The molecule has 0 radical (unpaired) electrons. The molecule has 0 amide bonds. The van der Waals surface area contributed by atoms with Crippen LogP contribution in [0.25, 0.3) is 0 Å². The van der Waals surface area contributed by atoms with Crippen molar-refractivity contribution < 1.29 is 18.7 Å². The van der Waals surface area contributed by atoms with Gasteiger partial charge in [0.15, 0.2) is 8.32 Å². The number of hydrogen-bond acceptors (Lipinski definition) is 4. The molecule has 1 aromatic rings. The van der Waals surface area contributed by atoms with E-state index in [4.69, 9.17) is 13.9 Å². The lowest BCUT2D eigenvalue weighted by atomic mass is 10.0. The minimum Gasteiger partial charge on any atom is -0.466 e. The average molecular weight is 393 g/mol. The monoisotopic (exact) mass is 392 g/mol. The second kappa shape index (κ2) is 10.8. The van der Waals surface area contributed by atoms with Crippen molar-refractivity contribution in [2.24, 2.45) is 5.92 Å². The molecule has 0 unspecified atom stereocenters. The second-order valence-electron chi connectivity index (χ2n) is 8.52. The van der Waals surface area contributed by atoms with E-state index >= 15 is 0 Å². The normalized spacial score (nSPS) is 14.9. The molecule has 4 nitrogen and oxygen atoms in total. The smallest absolute Gasteiger partial charge is 0.330 e. The topological polar surface area (TPSA) is 44.8 Å². The fourth-order valence-electron chi connectivity index (χ4n) is 2.30. The molecule has 0 N–H and O–H groups in total. The van der Waals surface area contributed by atoms with E-state index in [1.807, 2.05) is 30.3 Å². The first-order valence-electron chi connectivity index (χ1n) is 9.62. The molecule has 0 aliphatic rings. The number of hydrogen-bond donors (Lipinski definition) is 0. The van der Waals surface area contributed by atoms with E-state index in [9.17, 15) is 4.79 Å². The summed E-state index contributed by atoms with van der Waals surface area (Å²) < 4.78 is 17.1. The van der Waals surface area contributed by atoms with Gasteiger partial charge in [0, 0.05) is 12.7 Å². The maximum absolute atomic E-state index is 11.5. The van der Waals surface area contributed by atoms with Gasteiger partial charge in [-0.2, -0.15) is 0 Å². The Morgan fingerprint density at radius 3 is 2.37 bits per heavy atom. The van der Waals surface area contributed by atoms with Crippen LogP contribution in [0, 0.1) is 5.92 Å². The third-order valence-corrected chi connectivity index (χ3v) is 9.85. The zero-order valence-electron chi connectivity index (χ0n) is 18.0. The maximum Gasteiger partial charge on any atom is 0.330 e. The van der Waals surface area contributed by atoms with Gasteiger partial charge in [0.1, 0.15) is 0 Å². The zero-order chi connectivity index (χ0) is 20.5. The number of carbonyl (C=O) groups is 1. The molecular weight excluding hydrogens is 356 g/mol. The van der Waals surface area contributed by atoms with Crippen LogP contribution >= 0.6 is 0 Å². The minimum atomic E-state index is -1.75. The van der Waals surface area contributed by atoms with Gasteiger partial charge < -0.3 is 13.9 Å². The zero-order valence-corrected chi connectivity index (χ0v) is 19.0. The van der Waals surface area contributed by atoms with Gasteiger partial charge in [-0.05, 0) is 42.1 Å². The first-order valence-corrected chi connectivity index (χ1v) is 12.5.